The lowest BCUT2D eigenvalue weighted by atomic mass is 9.77. The van der Waals surface area contributed by atoms with Crippen molar-refractivity contribution in [1.29, 1.82) is 0 Å². The quantitative estimate of drug-likeness (QED) is 0.737. The first-order valence-electron chi connectivity index (χ1n) is 9.85. The molecule has 0 radical (unpaired) electrons. The number of halogens is 2. The first kappa shape index (κ1) is 20.9. The molecule has 1 aromatic heterocycles. The molecule has 1 spiro atoms. The average molecular weight is 439 g/mol. The van der Waals surface area contributed by atoms with Crippen molar-refractivity contribution in [3.8, 4) is 0 Å². The number of carbonyl (C=O) groups excluding carboxylic acids is 1. The van der Waals surface area contributed by atoms with Crippen molar-refractivity contribution >= 4 is 15.9 Å². The molecule has 0 bridgehead atoms. The van der Waals surface area contributed by atoms with Crippen LogP contribution in [0.4, 0.5) is 8.78 Å². The Morgan fingerprint density at radius 3 is 2.43 bits per heavy atom. The van der Waals surface area contributed by atoms with Crippen LogP contribution in [0.2, 0.25) is 0 Å². The third-order valence-electron chi connectivity index (χ3n) is 6.30. The minimum atomic E-state index is -3.66. The smallest absolute Gasteiger partial charge is 0.262 e. The normalized spacial score (nSPS) is 19.5. The Labute approximate surface area is 174 Å². The van der Waals surface area contributed by atoms with Crippen LogP contribution in [-0.4, -0.2) is 59.3 Å². The van der Waals surface area contributed by atoms with Gasteiger partial charge in [0.25, 0.3) is 15.9 Å². The molecule has 0 aliphatic carbocycles. The first-order chi connectivity index (χ1) is 14.1. The molecule has 0 atom stereocenters. The van der Waals surface area contributed by atoms with Gasteiger partial charge in [-0.25, -0.2) is 22.2 Å². The molecule has 162 valence electrons. The first-order valence-corrected chi connectivity index (χ1v) is 11.3. The van der Waals surface area contributed by atoms with Gasteiger partial charge in [0, 0.05) is 39.4 Å². The molecule has 0 saturated carbocycles. The van der Waals surface area contributed by atoms with Crippen LogP contribution in [0.15, 0.2) is 29.7 Å². The van der Waals surface area contributed by atoms with Gasteiger partial charge < -0.3 is 9.47 Å². The number of likely N-dealkylation sites (tertiary alicyclic amines) is 1. The predicted octanol–water partition coefficient (Wildman–Crippen LogP) is 2.32. The lowest BCUT2D eigenvalue weighted by Crippen LogP contribution is -2.45. The number of aromatic nitrogens is 2. The van der Waals surface area contributed by atoms with Crippen LogP contribution in [0.1, 0.15) is 35.2 Å². The second-order valence-electron chi connectivity index (χ2n) is 8.31. The van der Waals surface area contributed by atoms with Crippen molar-refractivity contribution in [2.45, 2.75) is 31.2 Å². The molecule has 4 rings (SSSR count). The summed E-state index contributed by atoms with van der Waals surface area (Å²) in [6, 6.07) is 2.41. The zero-order valence-corrected chi connectivity index (χ0v) is 17.8. The molecule has 0 unspecified atom stereocenters. The number of sulfonamides is 1. The van der Waals surface area contributed by atoms with Gasteiger partial charge in [-0.05, 0) is 43.2 Å². The minimum Gasteiger partial charge on any atom is -0.339 e. The number of rotatable bonds is 3. The second-order valence-corrected chi connectivity index (χ2v) is 10.2. The van der Waals surface area contributed by atoms with Crippen molar-refractivity contribution in [1.82, 2.24) is 18.8 Å². The molecule has 7 nitrogen and oxygen atoms in total. The molecule has 2 fully saturated rings. The summed E-state index contributed by atoms with van der Waals surface area (Å²) < 4.78 is 57.2. The standard InChI is InChI=1S/C20H24F2N4O3S/c1-14-3-4-15(21)17(18(14)22)19(27)25-8-5-20(6-9-25)7-10-26(12-20)30(28,29)16-11-24(2)13-23-16/h3-4,11,13H,5-10,12H2,1-2H3. The number of hydrogen-bond donors (Lipinski definition) is 0. The van der Waals surface area contributed by atoms with E-state index in [2.05, 4.69) is 4.98 Å². The van der Waals surface area contributed by atoms with E-state index in [4.69, 9.17) is 0 Å². The fourth-order valence-electron chi connectivity index (χ4n) is 4.36. The van der Waals surface area contributed by atoms with Crippen molar-refractivity contribution in [3.63, 3.8) is 0 Å². The van der Waals surface area contributed by atoms with Crippen LogP contribution in [0.5, 0.6) is 0 Å². The van der Waals surface area contributed by atoms with Crippen LogP contribution < -0.4 is 0 Å². The third kappa shape index (κ3) is 3.51. The molecule has 10 heteroatoms. The molecule has 0 N–H and O–H groups in total. The molecule has 2 aliphatic rings. The largest absolute Gasteiger partial charge is 0.339 e. The summed E-state index contributed by atoms with van der Waals surface area (Å²) in [7, 11) is -1.95. The molecular formula is C20H24F2N4O3S. The van der Waals surface area contributed by atoms with Gasteiger partial charge in [0.2, 0.25) is 0 Å². The van der Waals surface area contributed by atoms with Gasteiger partial charge in [0.1, 0.15) is 17.2 Å². The molecule has 1 aromatic carbocycles. The van der Waals surface area contributed by atoms with E-state index in [0.717, 1.165) is 6.07 Å². The summed E-state index contributed by atoms with van der Waals surface area (Å²) in [4.78, 5) is 18.2. The van der Waals surface area contributed by atoms with Crippen molar-refractivity contribution < 1.29 is 22.0 Å². The van der Waals surface area contributed by atoms with E-state index in [9.17, 15) is 22.0 Å². The maximum Gasteiger partial charge on any atom is 0.262 e. The van der Waals surface area contributed by atoms with E-state index < -0.39 is 33.1 Å². The molecule has 1 amide bonds. The number of nitrogens with zero attached hydrogens (tertiary/aromatic N) is 4. The molecular weight excluding hydrogens is 414 g/mol. The number of hydrogen-bond acceptors (Lipinski definition) is 4. The number of aryl methyl sites for hydroxylation is 2. The highest BCUT2D eigenvalue weighted by Crippen LogP contribution is 2.42. The molecule has 30 heavy (non-hydrogen) atoms. The lowest BCUT2D eigenvalue weighted by molar-refractivity contribution is 0.0590. The van der Waals surface area contributed by atoms with E-state index in [1.54, 1.807) is 11.6 Å². The average Bonchev–Trinajstić information content (AvgIpc) is 3.33. The monoisotopic (exact) mass is 438 g/mol. The van der Waals surface area contributed by atoms with Crippen molar-refractivity contribution in [2.24, 2.45) is 12.5 Å². The highest BCUT2D eigenvalue weighted by molar-refractivity contribution is 7.89. The van der Waals surface area contributed by atoms with Crippen molar-refractivity contribution in [2.75, 3.05) is 26.2 Å². The summed E-state index contributed by atoms with van der Waals surface area (Å²) in [6.45, 7) is 2.92. The van der Waals surface area contributed by atoms with Gasteiger partial charge in [-0.3, -0.25) is 4.79 Å². The lowest BCUT2D eigenvalue weighted by Gasteiger charge is -2.39. The topological polar surface area (TPSA) is 75.5 Å². The Morgan fingerprint density at radius 1 is 1.13 bits per heavy atom. The Kier molecular flexibility index (Phi) is 5.17. The van der Waals surface area contributed by atoms with Crippen LogP contribution in [0, 0.1) is 24.0 Å². The predicted molar refractivity (Wildman–Crippen MR) is 105 cm³/mol. The maximum atomic E-state index is 14.3. The number of amides is 1. The van der Waals surface area contributed by atoms with E-state index in [-0.39, 0.29) is 16.0 Å². The molecule has 2 saturated heterocycles. The van der Waals surface area contributed by atoms with Crippen LogP contribution in [0.25, 0.3) is 0 Å². The SMILES string of the molecule is Cc1ccc(F)c(C(=O)N2CCC3(CC2)CCN(S(=O)(=O)c2cn(C)cn2)C3)c1F. The summed E-state index contributed by atoms with van der Waals surface area (Å²) in [5, 5.41) is 0.0278. The maximum absolute atomic E-state index is 14.3. The molecule has 3 heterocycles. The zero-order chi connectivity index (χ0) is 21.7. The fourth-order valence-corrected chi connectivity index (χ4v) is 5.88. The molecule has 2 aliphatic heterocycles. The third-order valence-corrected chi connectivity index (χ3v) is 8.03. The highest BCUT2D eigenvalue weighted by Gasteiger charge is 2.45. The Balaban J connectivity index is 1.45. The van der Waals surface area contributed by atoms with E-state index >= 15 is 0 Å². The number of piperidine rings is 1. The second kappa shape index (κ2) is 7.42. The van der Waals surface area contributed by atoms with Gasteiger partial charge >= 0.3 is 0 Å². The Bertz CT molecular complexity index is 1090. The summed E-state index contributed by atoms with van der Waals surface area (Å²) in [5.41, 5.74) is -0.529. The van der Waals surface area contributed by atoms with Gasteiger partial charge in [-0.1, -0.05) is 6.07 Å². The summed E-state index contributed by atoms with van der Waals surface area (Å²) in [6.07, 6.45) is 4.79. The number of imidazole rings is 1. The summed E-state index contributed by atoms with van der Waals surface area (Å²) >= 11 is 0. The van der Waals surface area contributed by atoms with Gasteiger partial charge in [-0.2, -0.15) is 4.31 Å². The number of benzene rings is 1. The number of carbonyl (C=O) groups is 1. The fraction of sp³-hybridized carbons (Fsp3) is 0.500. The summed E-state index contributed by atoms with van der Waals surface area (Å²) in [5.74, 6) is -2.34. The van der Waals surface area contributed by atoms with Crippen molar-refractivity contribution in [3.05, 3.63) is 47.4 Å². The van der Waals surface area contributed by atoms with Crippen LogP contribution in [-0.2, 0) is 17.1 Å². The Morgan fingerprint density at radius 2 is 1.80 bits per heavy atom. The van der Waals surface area contributed by atoms with E-state index in [1.165, 1.54) is 34.7 Å². The van der Waals surface area contributed by atoms with E-state index in [0.29, 0.717) is 45.4 Å². The van der Waals surface area contributed by atoms with Crippen LogP contribution >= 0.6 is 0 Å². The van der Waals surface area contributed by atoms with E-state index in [1.807, 2.05) is 0 Å². The Hall–Kier alpha value is -2.33. The zero-order valence-electron chi connectivity index (χ0n) is 16.9. The highest BCUT2D eigenvalue weighted by atomic mass is 32.2. The minimum absolute atomic E-state index is 0.0278. The van der Waals surface area contributed by atoms with Crippen LogP contribution in [0.3, 0.4) is 0 Å². The van der Waals surface area contributed by atoms with Gasteiger partial charge in [-0.15, -0.1) is 0 Å². The van der Waals surface area contributed by atoms with Gasteiger partial charge in [0.05, 0.1) is 6.33 Å². The van der Waals surface area contributed by atoms with Gasteiger partial charge in [0.15, 0.2) is 5.03 Å². The molecule has 2 aromatic rings.